The van der Waals surface area contributed by atoms with E-state index in [9.17, 15) is 4.21 Å². The van der Waals surface area contributed by atoms with Crippen molar-refractivity contribution in [2.24, 2.45) is 0 Å². The molecule has 1 aromatic rings. The Balaban J connectivity index is 2.52. The highest BCUT2D eigenvalue weighted by Gasteiger charge is 2.42. The maximum atomic E-state index is 12.8. The lowest BCUT2D eigenvalue weighted by molar-refractivity contribution is 0.0750. The molecule has 1 saturated heterocycles. The van der Waals surface area contributed by atoms with Gasteiger partial charge in [0.1, 0.15) is 5.15 Å². The Morgan fingerprint density at radius 1 is 1.53 bits per heavy atom. The highest BCUT2D eigenvalue weighted by molar-refractivity contribution is 7.99. The predicted molar refractivity (Wildman–Crippen MR) is 75.0 cm³/mol. The summed E-state index contributed by atoms with van der Waals surface area (Å²) in [6, 6.07) is 3.43. The summed E-state index contributed by atoms with van der Waals surface area (Å²) < 4.78 is 19.7. The molecule has 1 aromatic heterocycles. The van der Waals surface area contributed by atoms with E-state index in [1.165, 1.54) is 0 Å². The molecule has 0 saturated carbocycles. The van der Waals surface area contributed by atoms with Gasteiger partial charge in [-0.3, -0.25) is 0 Å². The summed E-state index contributed by atoms with van der Waals surface area (Å²) in [6.07, 6.45) is 4.37. The van der Waals surface area contributed by atoms with Gasteiger partial charge in [-0.1, -0.05) is 17.7 Å². The lowest BCUT2D eigenvalue weighted by Gasteiger charge is -2.39. The molecular weight excluding hydrogens is 286 g/mol. The van der Waals surface area contributed by atoms with Gasteiger partial charge in [-0.05, 0) is 30.3 Å². The summed E-state index contributed by atoms with van der Waals surface area (Å²) in [7, 11) is -2.84. The van der Waals surface area contributed by atoms with E-state index < -0.39 is 14.5 Å². The van der Waals surface area contributed by atoms with Gasteiger partial charge in [0.05, 0.1) is 14.5 Å². The van der Waals surface area contributed by atoms with Crippen LogP contribution in [-0.4, -0.2) is 28.3 Å². The predicted octanol–water partition coefficient (Wildman–Crippen LogP) is 1.44. The van der Waals surface area contributed by atoms with Gasteiger partial charge < -0.3 is 4.74 Å². The van der Waals surface area contributed by atoms with E-state index in [1.54, 1.807) is 24.5 Å². The molecule has 1 fully saturated rings. The summed E-state index contributed by atoms with van der Waals surface area (Å²) in [5, 5.41) is 9.16. The summed E-state index contributed by atoms with van der Waals surface area (Å²) in [5.74, 6) is 3.73. The number of halogens is 1. The average molecular weight is 300 g/mol. The van der Waals surface area contributed by atoms with Crippen molar-refractivity contribution in [3.05, 3.63) is 29.0 Å². The Hall–Kier alpha value is -1.29. The standard InChI is InChI=1S/C12H14ClN3O2S/c1-19(17,16-9-14)12(4-6-18-7-5-12)10-2-3-11(13)15-8-10/h2-3,8H,1,4-7H2,(H,16,17). The topological polar surface area (TPSA) is 75.0 Å². The number of hydrogen-bond acceptors (Lipinski definition) is 4. The largest absolute Gasteiger partial charge is 0.381 e. The molecule has 0 bridgehead atoms. The van der Waals surface area contributed by atoms with Crippen LogP contribution in [0, 0.1) is 11.5 Å². The minimum atomic E-state index is -2.84. The van der Waals surface area contributed by atoms with Gasteiger partial charge in [0, 0.05) is 19.4 Å². The molecule has 7 heteroatoms. The zero-order valence-electron chi connectivity index (χ0n) is 10.3. The van der Waals surface area contributed by atoms with Crippen LogP contribution in [0.25, 0.3) is 0 Å². The Morgan fingerprint density at radius 3 is 2.74 bits per heavy atom. The highest BCUT2D eigenvalue weighted by Crippen LogP contribution is 2.39. The van der Waals surface area contributed by atoms with Gasteiger partial charge in [-0.2, -0.15) is 5.26 Å². The van der Waals surface area contributed by atoms with Crippen molar-refractivity contribution in [1.29, 1.82) is 5.26 Å². The van der Waals surface area contributed by atoms with Crippen molar-refractivity contribution in [2.75, 3.05) is 13.2 Å². The number of aromatic nitrogens is 1. The molecule has 2 heterocycles. The molecule has 0 aromatic carbocycles. The third-order valence-electron chi connectivity index (χ3n) is 3.40. The van der Waals surface area contributed by atoms with Gasteiger partial charge in [-0.15, -0.1) is 0 Å². The molecule has 1 unspecified atom stereocenters. The van der Waals surface area contributed by atoms with E-state index in [4.69, 9.17) is 21.6 Å². The number of nitrogens with one attached hydrogen (secondary N) is 1. The Labute approximate surface area is 117 Å². The number of nitriles is 1. The van der Waals surface area contributed by atoms with Crippen LogP contribution in [0.3, 0.4) is 0 Å². The molecule has 1 N–H and O–H groups in total. The second-order valence-corrected chi connectivity index (χ2v) is 7.09. The monoisotopic (exact) mass is 299 g/mol. The van der Waals surface area contributed by atoms with E-state index in [0.717, 1.165) is 5.56 Å². The maximum Gasteiger partial charge on any atom is 0.188 e. The second-order valence-electron chi connectivity index (χ2n) is 4.37. The molecule has 1 aliphatic rings. The van der Waals surface area contributed by atoms with Crippen LogP contribution in [0.15, 0.2) is 18.3 Å². The van der Waals surface area contributed by atoms with E-state index in [1.807, 2.05) is 0 Å². The van der Waals surface area contributed by atoms with Crippen molar-refractivity contribution in [3.63, 3.8) is 0 Å². The fourth-order valence-corrected chi connectivity index (χ4v) is 4.11. The van der Waals surface area contributed by atoms with Crippen molar-refractivity contribution in [1.82, 2.24) is 9.71 Å². The van der Waals surface area contributed by atoms with Gasteiger partial charge in [0.15, 0.2) is 6.19 Å². The molecule has 0 amide bonds. The third kappa shape index (κ3) is 2.54. The maximum absolute atomic E-state index is 12.8. The van der Waals surface area contributed by atoms with E-state index >= 15 is 0 Å². The molecule has 2 rings (SSSR count). The van der Waals surface area contributed by atoms with Gasteiger partial charge in [0.2, 0.25) is 0 Å². The molecule has 0 radical (unpaired) electrons. The molecule has 1 atom stereocenters. The van der Waals surface area contributed by atoms with Crippen molar-refractivity contribution >= 4 is 27.2 Å². The summed E-state index contributed by atoms with van der Waals surface area (Å²) in [6.45, 7) is 0.949. The molecule has 102 valence electrons. The molecule has 0 spiro atoms. The molecule has 5 nitrogen and oxygen atoms in total. The smallest absolute Gasteiger partial charge is 0.188 e. The first-order valence-corrected chi connectivity index (χ1v) is 7.85. The van der Waals surface area contributed by atoms with Gasteiger partial charge in [0.25, 0.3) is 0 Å². The molecular formula is C12H14ClN3O2S. The zero-order valence-corrected chi connectivity index (χ0v) is 11.8. The van der Waals surface area contributed by atoms with Crippen molar-refractivity contribution in [2.45, 2.75) is 17.6 Å². The Kier molecular flexibility index (Phi) is 3.99. The highest BCUT2D eigenvalue weighted by atomic mass is 35.5. The fourth-order valence-electron chi connectivity index (χ4n) is 2.33. The Morgan fingerprint density at radius 2 is 2.21 bits per heavy atom. The first kappa shape index (κ1) is 14.1. The number of ether oxygens (including phenoxy) is 1. The van der Waals surface area contributed by atoms with E-state index in [0.29, 0.717) is 31.2 Å². The van der Waals surface area contributed by atoms with Crippen molar-refractivity contribution < 1.29 is 8.95 Å². The molecule has 19 heavy (non-hydrogen) atoms. The number of hydrogen-bond donors (Lipinski definition) is 1. The third-order valence-corrected chi connectivity index (χ3v) is 5.95. The molecule has 0 aliphatic carbocycles. The van der Waals surface area contributed by atoms with Crippen LogP contribution in [0.1, 0.15) is 18.4 Å². The zero-order chi connectivity index (χ0) is 13.9. The number of rotatable bonds is 3. The minimum Gasteiger partial charge on any atom is -0.381 e. The summed E-state index contributed by atoms with van der Waals surface area (Å²) in [4.78, 5) is 4.03. The van der Waals surface area contributed by atoms with Crippen molar-refractivity contribution in [3.8, 4) is 6.19 Å². The quantitative estimate of drug-likeness (QED) is 0.397. The van der Waals surface area contributed by atoms with Crippen LogP contribution < -0.4 is 4.72 Å². The normalized spacial score (nSPS) is 21.1. The van der Waals surface area contributed by atoms with Crippen LogP contribution >= 0.6 is 11.6 Å². The van der Waals surface area contributed by atoms with Crippen LogP contribution in [0.2, 0.25) is 5.15 Å². The van der Waals surface area contributed by atoms with Crippen LogP contribution in [0.5, 0.6) is 0 Å². The summed E-state index contributed by atoms with van der Waals surface area (Å²) in [5.41, 5.74) is 0.767. The fraction of sp³-hybridized carbons (Fsp3) is 0.417. The second kappa shape index (κ2) is 5.37. The minimum absolute atomic E-state index is 0.370. The summed E-state index contributed by atoms with van der Waals surface area (Å²) >= 11 is 5.78. The first-order valence-electron chi connectivity index (χ1n) is 5.74. The SMILES string of the molecule is C=S(=O)(NC#N)C1(c2ccc(Cl)nc2)CCOCC1. The Bertz CT molecular complexity index is 586. The number of nitrogens with zero attached hydrogens (tertiary/aromatic N) is 2. The molecule has 1 aliphatic heterocycles. The van der Waals surface area contributed by atoms with Crippen LogP contribution in [-0.2, 0) is 19.2 Å². The lowest BCUT2D eigenvalue weighted by Crippen LogP contribution is -2.46. The first-order chi connectivity index (χ1) is 9.02. The lowest BCUT2D eigenvalue weighted by atomic mass is 9.92. The average Bonchev–Trinajstić information content (AvgIpc) is 2.40. The van der Waals surface area contributed by atoms with E-state index in [-0.39, 0.29) is 0 Å². The number of pyridine rings is 1. The van der Waals surface area contributed by atoms with Gasteiger partial charge in [-0.25, -0.2) is 13.9 Å². The van der Waals surface area contributed by atoms with Gasteiger partial charge >= 0.3 is 0 Å². The van der Waals surface area contributed by atoms with E-state index in [2.05, 4.69) is 15.6 Å². The van der Waals surface area contributed by atoms with Crippen LogP contribution in [0.4, 0.5) is 0 Å².